The first-order chi connectivity index (χ1) is 8.60. The fourth-order valence-corrected chi connectivity index (χ4v) is 3.67. The third-order valence-electron chi connectivity index (χ3n) is 3.71. The highest BCUT2D eigenvalue weighted by Crippen LogP contribution is 2.30. The van der Waals surface area contributed by atoms with Crippen LogP contribution in [0.5, 0.6) is 0 Å². The Morgan fingerprint density at radius 1 is 1.50 bits per heavy atom. The van der Waals surface area contributed by atoms with Crippen molar-refractivity contribution in [1.29, 1.82) is 0 Å². The second kappa shape index (κ2) is 6.38. The fourth-order valence-electron chi connectivity index (χ4n) is 2.71. The molecule has 0 bridgehead atoms. The third kappa shape index (κ3) is 3.47. The predicted octanol–water partition coefficient (Wildman–Crippen LogP) is 3.88. The van der Waals surface area contributed by atoms with Crippen molar-refractivity contribution in [2.24, 2.45) is 11.7 Å². The molecule has 3 atom stereocenters. The Morgan fingerprint density at radius 2 is 2.28 bits per heavy atom. The van der Waals surface area contributed by atoms with Crippen molar-refractivity contribution < 1.29 is 0 Å². The highest BCUT2D eigenvalue weighted by Gasteiger charge is 2.24. The lowest BCUT2D eigenvalue weighted by Crippen LogP contribution is -2.35. The van der Waals surface area contributed by atoms with Crippen LogP contribution in [0.15, 0.2) is 22.7 Å². The molecule has 1 aliphatic rings. The molecule has 0 saturated heterocycles. The van der Waals surface area contributed by atoms with E-state index in [1.165, 1.54) is 24.8 Å². The lowest BCUT2D eigenvalue weighted by atomic mass is 10.0. The maximum absolute atomic E-state index is 5.97. The molecule has 18 heavy (non-hydrogen) atoms. The second-order valence-corrected chi connectivity index (χ2v) is 6.53. The van der Waals surface area contributed by atoms with Crippen molar-refractivity contribution in [2.75, 3.05) is 6.54 Å². The number of hydrogen-bond acceptors (Lipinski definition) is 2. The van der Waals surface area contributed by atoms with E-state index < -0.39 is 0 Å². The molecule has 3 unspecified atom stereocenters. The molecular weight excluding hydrogens is 312 g/mol. The van der Waals surface area contributed by atoms with E-state index in [0.717, 1.165) is 15.4 Å². The van der Waals surface area contributed by atoms with Crippen LogP contribution in [-0.4, -0.2) is 12.6 Å². The van der Waals surface area contributed by atoms with Gasteiger partial charge in [-0.3, -0.25) is 0 Å². The first-order valence-corrected chi connectivity index (χ1v) is 7.68. The van der Waals surface area contributed by atoms with Gasteiger partial charge in [0.15, 0.2) is 0 Å². The highest BCUT2D eigenvalue weighted by atomic mass is 79.9. The van der Waals surface area contributed by atoms with Gasteiger partial charge in [0.1, 0.15) is 0 Å². The number of nitrogens with one attached hydrogen (secondary N) is 1. The van der Waals surface area contributed by atoms with Gasteiger partial charge in [-0.15, -0.1) is 0 Å². The fraction of sp³-hybridized carbons (Fsp3) is 0.571. The summed E-state index contributed by atoms with van der Waals surface area (Å²) < 4.78 is 1.03. The Labute approximate surface area is 122 Å². The minimum Gasteiger partial charge on any atom is -0.329 e. The molecule has 1 aliphatic carbocycles. The van der Waals surface area contributed by atoms with E-state index in [-0.39, 0.29) is 6.04 Å². The Balaban J connectivity index is 2.08. The van der Waals surface area contributed by atoms with Crippen molar-refractivity contribution in [3.63, 3.8) is 0 Å². The number of nitrogens with two attached hydrogens (primary N) is 1. The normalized spacial score (nSPS) is 25.3. The van der Waals surface area contributed by atoms with Gasteiger partial charge in [-0.25, -0.2) is 0 Å². The molecule has 1 saturated carbocycles. The summed E-state index contributed by atoms with van der Waals surface area (Å²) in [6.07, 6.45) is 3.82. The summed E-state index contributed by atoms with van der Waals surface area (Å²) in [6.45, 7) is 2.92. The van der Waals surface area contributed by atoms with Crippen LogP contribution in [0.1, 0.15) is 37.8 Å². The quantitative estimate of drug-likeness (QED) is 0.878. The van der Waals surface area contributed by atoms with Crippen LogP contribution in [0.4, 0.5) is 0 Å². The van der Waals surface area contributed by atoms with Gasteiger partial charge in [0.2, 0.25) is 0 Å². The molecule has 0 heterocycles. The molecule has 0 radical (unpaired) electrons. The van der Waals surface area contributed by atoms with E-state index in [1.807, 2.05) is 12.1 Å². The lowest BCUT2D eigenvalue weighted by Gasteiger charge is -2.23. The van der Waals surface area contributed by atoms with Gasteiger partial charge in [-0.05, 0) is 42.9 Å². The molecular formula is C14H20BrClN2. The second-order valence-electron chi connectivity index (χ2n) is 5.24. The molecule has 0 aliphatic heterocycles. The van der Waals surface area contributed by atoms with Gasteiger partial charge in [0.05, 0.1) is 0 Å². The van der Waals surface area contributed by atoms with Gasteiger partial charge in [-0.2, -0.15) is 0 Å². The molecule has 1 aromatic rings. The summed E-state index contributed by atoms with van der Waals surface area (Å²) in [5, 5.41) is 4.42. The molecule has 0 aromatic heterocycles. The molecule has 2 nitrogen and oxygen atoms in total. The number of hydrogen-bond donors (Lipinski definition) is 2. The standard InChI is InChI=1S/C14H20BrClN2/c1-9-2-4-11(6-9)18-14(8-17)12-5-3-10(16)7-13(12)15/h3,5,7,9,11,14,18H,2,4,6,8,17H2,1H3. The smallest absolute Gasteiger partial charge is 0.0457 e. The molecule has 2 rings (SSSR count). The van der Waals surface area contributed by atoms with Gasteiger partial charge < -0.3 is 11.1 Å². The van der Waals surface area contributed by atoms with Gasteiger partial charge in [-0.1, -0.05) is 40.5 Å². The SMILES string of the molecule is CC1CCC(NC(CN)c2ccc(Cl)cc2Br)C1. The molecule has 4 heteroatoms. The molecule has 0 spiro atoms. The summed E-state index contributed by atoms with van der Waals surface area (Å²) in [7, 11) is 0. The van der Waals surface area contributed by atoms with Crippen molar-refractivity contribution in [3.05, 3.63) is 33.3 Å². The predicted molar refractivity (Wildman–Crippen MR) is 80.9 cm³/mol. The van der Waals surface area contributed by atoms with E-state index in [1.54, 1.807) is 0 Å². The van der Waals surface area contributed by atoms with Crippen molar-refractivity contribution >= 4 is 27.5 Å². The zero-order valence-corrected chi connectivity index (χ0v) is 13.0. The van der Waals surface area contributed by atoms with Crippen molar-refractivity contribution in [3.8, 4) is 0 Å². The van der Waals surface area contributed by atoms with Crippen LogP contribution in [-0.2, 0) is 0 Å². The summed E-state index contributed by atoms with van der Waals surface area (Å²) in [5.41, 5.74) is 7.10. The zero-order chi connectivity index (χ0) is 13.1. The zero-order valence-electron chi connectivity index (χ0n) is 10.6. The summed E-state index contributed by atoms with van der Waals surface area (Å²) in [5.74, 6) is 0.828. The van der Waals surface area contributed by atoms with Crippen molar-refractivity contribution in [1.82, 2.24) is 5.32 Å². The van der Waals surface area contributed by atoms with Crippen LogP contribution < -0.4 is 11.1 Å². The van der Waals surface area contributed by atoms with Crippen LogP contribution in [0.2, 0.25) is 5.02 Å². The topological polar surface area (TPSA) is 38.0 Å². The van der Waals surface area contributed by atoms with E-state index in [0.29, 0.717) is 12.6 Å². The van der Waals surface area contributed by atoms with Crippen LogP contribution in [0.3, 0.4) is 0 Å². The summed E-state index contributed by atoms with van der Waals surface area (Å²) in [4.78, 5) is 0. The van der Waals surface area contributed by atoms with Crippen LogP contribution in [0, 0.1) is 5.92 Å². The molecule has 1 fully saturated rings. The van der Waals surface area contributed by atoms with Gasteiger partial charge in [0, 0.05) is 28.1 Å². The van der Waals surface area contributed by atoms with E-state index in [9.17, 15) is 0 Å². The third-order valence-corrected chi connectivity index (χ3v) is 4.63. The van der Waals surface area contributed by atoms with Crippen LogP contribution >= 0.6 is 27.5 Å². The Kier molecular flexibility index (Phi) is 5.07. The van der Waals surface area contributed by atoms with Crippen molar-refractivity contribution in [2.45, 2.75) is 38.3 Å². The molecule has 1 aromatic carbocycles. The Hall–Kier alpha value is -0.0900. The molecule has 3 N–H and O–H groups in total. The maximum Gasteiger partial charge on any atom is 0.0457 e. The Morgan fingerprint density at radius 3 is 2.83 bits per heavy atom. The lowest BCUT2D eigenvalue weighted by molar-refractivity contribution is 0.433. The average Bonchev–Trinajstić information content (AvgIpc) is 2.72. The minimum atomic E-state index is 0.201. The van der Waals surface area contributed by atoms with Gasteiger partial charge in [0.25, 0.3) is 0 Å². The van der Waals surface area contributed by atoms with Gasteiger partial charge >= 0.3 is 0 Å². The van der Waals surface area contributed by atoms with E-state index >= 15 is 0 Å². The minimum absolute atomic E-state index is 0.201. The number of benzene rings is 1. The van der Waals surface area contributed by atoms with Crippen LogP contribution in [0.25, 0.3) is 0 Å². The largest absolute Gasteiger partial charge is 0.329 e. The van der Waals surface area contributed by atoms with E-state index in [2.05, 4.69) is 34.2 Å². The highest BCUT2D eigenvalue weighted by molar-refractivity contribution is 9.10. The number of rotatable bonds is 4. The molecule has 100 valence electrons. The van der Waals surface area contributed by atoms with E-state index in [4.69, 9.17) is 17.3 Å². The maximum atomic E-state index is 5.97. The Bertz CT molecular complexity index is 411. The summed E-state index contributed by atoms with van der Waals surface area (Å²) >= 11 is 9.54. The average molecular weight is 332 g/mol. The molecule has 0 amide bonds. The monoisotopic (exact) mass is 330 g/mol. The first kappa shape index (κ1) is 14.3. The summed E-state index contributed by atoms with van der Waals surface area (Å²) in [6, 6.07) is 6.69. The first-order valence-electron chi connectivity index (χ1n) is 6.51. The number of halogens is 2.